The number of carbonyl (C=O) groups excluding carboxylic acids is 1. The fourth-order valence-electron chi connectivity index (χ4n) is 2.13. The maximum absolute atomic E-state index is 11.9. The predicted octanol–water partition coefficient (Wildman–Crippen LogP) is 2.35. The lowest BCUT2D eigenvalue weighted by atomic mass is 10.2. The second-order valence-electron chi connectivity index (χ2n) is 4.94. The fraction of sp³-hybridized carbons (Fsp3) is 0.615. The molecule has 1 aromatic heterocycles. The third-order valence-electron chi connectivity index (χ3n) is 3.32. The molecule has 20 heavy (non-hydrogen) atoms. The number of anilines is 1. The van der Waals surface area contributed by atoms with E-state index in [0.29, 0.717) is 5.13 Å². The van der Waals surface area contributed by atoms with Crippen LogP contribution in [-0.4, -0.2) is 40.6 Å². The van der Waals surface area contributed by atoms with Crippen LogP contribution in [0.2, 0.25) is 0 Å². The number of amides is 2. The van der Waals surface area contributed by atoms with Gasteiger partial charge in [0.15, 0.2) is 5.13 Å². The minimum absolute atomic E-state index is 0.0573. The molecule has 2 rings (SSSR count). The van der Waals surface area contributed by atoms with Gasteiger partial charge in [0, 0.05) is 18.5 Å². The Kier molecular flexibility index (Phi) is 4.94. The molecule has 0 bridgehead atoms. The van der Waals surface area contributed by atoms with E-state index < -0.39 is 5.97 Å². The van der Waals surface area contributed by atoms with Gasteiger partial charge < -0.3 is 10.0 Å². The summed E-state index contributed by atoms with van der Waals surface area (Å²) >= 11 is 1.53. The van der Waals surface area contributed by atoms with Crippen LogP contribution in [0.5, 0.6) is 0 Å². The van der Waals surface area contributed by atoms with Gasteiger partial charge in [0.1, 0.15) is 0 Å². The van der Waals surface area contributed by atoms with Crippen LogP contribution in [0.4, 0.5) is 9.93 Å². The summed E-state index contributed by atoms with van der Waals surface area (Å²) in [6, 6.07) is -0.310. The van der Waals surface area contributed by atoms with E-state index in [9.17, 15) is 9.59 Å². The van der Waals surface area contributed by atoms with E-state index in [4.69, 9.17) is 5.11 Å². The largest absolute Gasteiger partial charge is 0.481 e. The molecule has 2 N–H and O–H groups in total. The molecule has 0 fully saturated rings. The first kappa shape index (κ1) is 14.8. The van der Waals surface area contributed by atoms with Crippen LogP contribution in [0, 0.1) is 0 Å². The first-order chi connectivity index (χ1) is 9.56. The van der Waals surface area contributed by atoms with Crippen LogP contribution < -0.4 is 5.32 Å². The number of thiazole rings is 1. The maximum atomic E-state index is 11.9. The molecule has 110 valence electrons. The van der Waals surface area contributed by atoms with Crippen molar-refractivity contribution in [3.8, 4) is 0 Å². The highest BCUT2D eigenvalue weighted by Crippen LogP contribution is 2.28. The summed E-state index contributed by atoms with van der Waals surface area (Å²) in [5.74, 6) is -0.911. The van der Waals surface area contributed by atoms with Gasteiger partial charge in [-0.05, 0) is 25.7 Å². The smallest absolute Gasteiger partial charge is 0.323 e. The lowest BCUT2D eigenvalue weighted by Gasteiger charge is -2.15. The zero-order valence-corrected chi connectivity index (χ0v) is 12.3. The minimum atomic E-state index is -0.911. The Bertz CT molecular complexity index is 478. The van der Waals surface area contributed by atoms with Crippen LogP contribution in [0.15, 0.2) is 0 Å². The fourth-order valence-corrected chi connectivity index (χ4v) is 3.17. The van der Waals surface area contributed by atoms with E-state index in [0.717, 1.165) is 25.0 Å². The summed E-state index contributed by atoms with van der Waals surface area (Å²) in [5, 5.41) is 12.0. The van der Waals surface area contributed by atoms with Gasteiger partial charge >= 0.3 is 12.0 Å². The van der Waals surface area contributed by atoms with Crippen molar-refractivity contribution < 1.29 is 14.7 Å². The van der Waals surface area contributed by atoms with E-state index in [1.807, 2.05) is 0 Å². The van der Waals surface area contributed by atoms with Crippen LogP contribution in [0.3, 0.4) is 0 Å². The quantitative estimate of drug-likeness (QED) is 0.836. The van der Waals surface area contributed by atoms with Crippen molar-refractivity contribution in [2.75, 3.05) is 18.9 Å². The topological polar surface area (TPSA) is 82.5 Å². The highest BCUT2D eigenvalue weighted by molar-refractivity contribution is 7.15. The number of carboxylic acid groups (broad SMARTS) is 1. The zero-order chi connectivity index (χ0) is 14.5. The Hall–Kier alpha value is -1.63. The second-order valence-corrected chi connectivity index (χ2v) is 6.03. The van der Waals surface area contributed by atoms with E-state index in [1.165, 1.54) is 34.0 Å². The molecule has 0 saturated carbocycles. The Morgan fingerprint density at radius 2 is 2.10 bits per heavy atom. The standard InChI is InChI=1S/C13H19N3O3S/c1-16(8-7-11(17)18)13(19)15-12-14-9-5-3-2-4-6-10(9)20-12/h2-8H2,1H3,(H,17,18)(H,14,15,19). The number of hydrogen-bond donors (Lipinski definition) is 2. The van der Waals surface area contributed by atoms with E-state index in [-0.39, 0.29) is 19.0 Å². The number of aliphatic carboxylic acids is 1. The highest BCUT2D eigenvalue weighted by atomic mass is 32.1. The van der Waals surface area contributed by atoms with E-state index in [1.54, 1.807) is 7.05 Å². The van der Waals surface area contributed by atoms with E-state index >= 15 is 0 Å². The number of rotatable bonds is 4. The summed E-state index contributed by atoms with van der Waals surface area (Å²) in [7, 11) is 1.58. The highest BCUT2D eigenvalue weighted by Gasteiger charge is 2.17. The maximum Gasteiger partial charge on any atom is 0.323 e. The minimum Gasteiger partial charge on any atom is -0.481 e. The molecule has 0 radical (unpaired) electrons. The van der Waals surface area contributed by atoms with Gasteiger partial charge in [-0.3, -0.25) is 10.1 Å². The van der Waals surface area contributed by atoms with Crippen molar-refractivity contribution in [3.05, 3.63) is 10.6 Å². The molecule has 0 atom stereocenters. The lowest BCUT2D eigenvalue weighted by molar-refractivity contribution is -0.137. The van der Waals surface area contributed by atoms with Gasteiger partial charge in [0.25, 0.3) is 0 Å². The van der Waals surface area contributed by atoms with Crippen LogP contribution >= 0.6 is 11.3 Å². The number of hydrogen-bond acceptors (Lipinski definition) is 4. The zero-order valence-electron chi connectivity index (χ0n) is 11.5. The summed E-state index contributed by atoms with van der Waals surface area (Å²) in [6.07, 6.45) is 5.54. The Balaban J connectivity index is 1.92. The molecule has 0 unspecified atom stereocenters. The van der Waals surface area contributed by atoms with Crippen molar-refractivity contribution in [2.24, 2.45) is 0 Å². The van der Waals surface area contributed by atoms with Crippen LogP contribution in [0.25, 0.3) is 0 Å². The third-order valence-corrected chi connectivity index (χ3v) is 4.39. The Labute approximate surface area is 121 Å². The first-order valence-corrected chi connectivity index (χ1v) is 7.60. The van der Waals surface area contributed by atoms with Crippen LogP contribution in [0.1, 0.15) is 36.3 Å². The van der Waals surface area contributed by atoms with Crippen molar-refractivity contribution in [1.29, 1.82) is 0 Å². The normalized spacial score (nSPS) is 14.2. The number of carboxylic acids is 1. The monoisotopic (exact) mass is 297 g/mol. The molecule has 1 aliphatic carbocycles. The van der Waals surface area contributed by atoms with Crippen molar-refractivity contribution in [1.82, 2.24) is 9.88 Å². The third kappa shape index (κ3) is 3.93. The number of fused-ring (bicyclic) bond motifs is 1. The number of carbonyl (C=O) groups is 2. The molecule has 0 aliphatic heterocycles. The Morgan fingerprint density at radius 3 is 2.85 bits per heavy atom. The molecule has 1 aromatic rings. The molecule has 7 heteroatoms. The average molecular weight is 297 g/mol. The van der Waals surface area contributed by atoms with E-state index in [2.05, 4.69) is 10.3 Å². The van der Waals surface area contributed by atoms with Gasteiger partial charge in [0.05, 0.1) is 12.1 Å². The summed E-state index contributed by atoms with van der Waals surface area (Å²) < 4.78 is 0. The van der Waals surface area contributed by atoms with Gasteiger partial charge in [-0.15, -0.1) is 11.3 Å². The Morgan fingerprint density at radius 1 is 1.35 bits per heavy atom. The number of urea groups is 1. The average Bonchev–Trinajstić information content (AvgIpc) is 2.64. The molecule has 1 aliphatic rings. The molecule has 0 spiro atoms. The SMILES string of the molecule is CN(CCC(=O)O)C(=O)Nc1nc2c(s1)CCCCC2. The molecular formula is C13H19N3O3S. The molecular weight excluding hydrogens is 278 g/mol. The van der Waals surface area contributed by atoms with Crippen LogP contribution in [-0.2, 0) is 17.6 Å². The lowest BCUT2D eigenvalue weighted by Crippen LogP contribution is -2.33. The van der Waals surface area contributed by atoms with Gasteiger partial charge in [-0.2, -0.15) is 0 Å². The molecule has 0 aromatic carbocycles. The number of nitrogens with zero attached hydrogens (tertiary/aromatic N) is 2. The molecule has 0 saturated heterocycles. The van der Waals surface area contributed by atoms with Crippen molar-refractivity contribution in [2.45, 2.75) is 38.5 Å². The molecule has 1 heterocycles. The molecule has 6 nitrogen and oxygen atoms in total. The number of nitrogens with one attached hydrogen (secondary N) is 1. The van der Waals surface area contributed by atoms with Gasteiger partial charge in [0.2, 0.25) is 0 Å². The number of aryl methyl sites for hydroxylation is 2. The summed E-state index contributed by atoms with van der Waals surface area (Å²) in [5.41, 5.74) is 1.11. The van der Waals surface area contributed by atoms with Gasteiger partial charge in [-0.25, -0.2) is 9.78 Å². The molecule has 2 amide bonds. The van der Waals surface area contributed by atoms with Crippen molar-refractivity contribution in [3.63, 3.8) is 0 Å². The number of aromatic nitrogens is 1. The summed E-state index contributed by atoms with van der Waals surface area (Å²) in [6.45, 7) is 0.187. The predicted molar refractivity (Wildman–Crippen MR) is 77.3 cm³/mol. The van der Waals surface area contributed by atoms with Gasteiger partial charge in [-0.1, -0.05) is 6.42 Å². The second kappa shape index (κ2) is 6.69. The van der Waals surface area contributed by atoms with Crippen molar-refractivity contribution >= 4 is 28.5 Å². The first-order valence-electron chi connectivity index (χ1n) is 6.79. The summed E-state index contributed by atoms with van der Waals surface area (Å²) in [4.78, 5) is 29.5.